The number of aliphatic imine (C=N–C) groups is 1. The third-order valence-electron chi connectivity index (χ3n) is 4.19. The van der Waals surface area contributed by atoms with Crippen LogP contribution in [0, 0.1) is 5.82 Å². The van der Waals surface area contributed by atoms with Gasteiger partial charge in [0, 0.05) is 6.08 Å². The van der Waals surface area contributed by atoms with Crippen molar-refractivity contribution in [2.75, 3.05) is 18.6 Å². The topological polar surface area (TPSA) is 102 Å². The van der Waals surface area contributed by atoms with Crippen molar-refractivity contribution in [3.05, 3.63) is 76.5 Å². The molecule has 0 bridgehead atoms. The molecule has 0 aromatic heterocycles. The van der Waals surface area contributed by atoms with Gasteiger partial charge in [-0.2, -0.15) is 4.99 Å². The van der Waals surface area contributed by atoms with E-state index in [4.69, 9.17) is 4.74 Å². The van der Waals surface area contributed by atoms with Crippen molar-refractivity contribution in [2.45, 2.75) is 6.92 Å². The van der Waals surface area contributed by atoms with Gasteiger partial charge in [0.15, 0.2) is 5.17 Å². The normalized spacial score (nSPS) is 15.8. The SMILES string of the molecule is CCOC(=O)c1ccc(N2C(=O)/C(=C/C(=O)OC)SC2=NC(=O)c2ccccc2F)cc1. The number of methoxy groups -OCH3 is 1. The number of thioether (sulfide) groups is 1. The van der Waals surface area contributed by atoms with Gasteiger partial charge in [0.2, 0.25) is 0 Å². The number of nitrogens with zero attached hydrogens (tertiary/aromatic N) is 2. The smallest absolute Gasteiger partial charge is 0.338 e. The summed E-state index contributed by atoms with van der Waals surface area (Å²) in [5, 5.41) is -0.0812. The summed E-state index contributed by atoms with van der Waals surface area (Å²) in [4.78, 5) is 54.0. The lowest BCUT2D eigenvalue weighted by Gasteiger charge is -2.16. The first-order chi connectivity index (χ1) is 15.3. The van der Waals surface area contributed by atoms with Gasteiger partial charge in [-0.1, -0.05) is 12.1 Å². The average molecular weight is 456 g/mol. The molecule has 1 saturated heterocycles. The summed E-state index contributed by atoms with van der Waals surface area (Å²) in [6.45, 7) is 1.88. The largest absolute Gasteiger partial charge is 0.466 e. The predicted molar refractivity (Wildman–Crippen MR) is 116 cm³/mol. The zero-order valence-electron chi connectivity index (χ0n) is 17.0. The Morgan fingerprint density at radius 3 is 2.44 bits per heavy atom. The molecule has 32 heavy (non-hydrogen) atoms. The maximum atomic E-state index is 14.0. The Labute approximate surface area is 186 Å². The maximum Gasteiger partial charge on any atom is 0.338 e. The van der Waals surface area contributed by atoms with Crippen molar-refractivity contribution >= 4 is 46.4 Å². The van der Waals surface area contributed by atoms with Crippen LogP contribution in [0.4, 0.5) is 10.1 Å². The molecule has 0 aliphatic carbocycles. The molecular formula is C22H17FN2O6S. The number of rotatable bonds is 5. The van der Waals surface area contributed by atoms with Crippen molar-refractivity contribution in [1.29, 1.82) is 0 Å². The molecule has 164 valence electrons. The average Bonchev–Trinajstić information content (AvgIpc) is 3.08. The fourth-order valence-electron chi connectivity index (χ4n) is 2.69. The van der Waals surface area contributed by atoms with Gasteiger partial charge >= 0.3 is 11.9 Å². The Bertz CT molecular complexity index is 1140. The van der Waals surface area contributed by atoms with Crippen LogP contribution >= 0.6 is 11.8 Å². The first-order valence-corrected chi connectivity index (χ1v) is 10.1. The molecule has 0 saturated carbocycles. The van der Waals surface area contributed by atoms with E-state index < -0.39 is 29.6 Å². The summed E-state index contributed by atoms with van der Waals surface area (Å²) in [6, 6.07) is 11.1. The number of hydrogen-bond donors (Lipinski definition) is 0. The molecule has 0 unspecified atom stereocenters. The predicted octanol–water partition coefficient (Wildman–Crippen LogP) is 3.34. The van der Waals surface area contributed by atoms with Gasteiger partial charge < -0.3 is 9.47 Å². The third-order valence-corrected chi connectivity index (χ3v) is 5.16. The second kappa shape index (κ2) is 10.0. The number of ether oxygens (including phenoxy) is 2. The Morgan fingerprint density at radius 1 is 1.12 bits per heavy atom. The van der Waals surface area contributed by atoms with Crippen LogP contribution in [0.25, 0.3) is 0 Å². The number of halogens is 1. The van der Waals surface area contributed by atoms with Gasteiger partial charge in [0.1, 0.15) is 5.82 Å². The minimum Gasteiger partial charge on any atom is -0.466 e. The number of hydrogen-bond acceptors (Lipinski definition) is 7. The summed E-state index contributed by atoms with van der Waals surface area (Å²) < 4.78 is 23.5. The van der Waals surface area contributed by atoms with E-state index in [-0.39, 0.29) is 33.5 Å². The van der Waals surface area contributed by atoms with Crippen LogP contribution in [0.15, 0.2) is 64.5 Å². The lowest BCUT2D eigenvalue weighted by molar-refractivity contribution is -0.135. The summed E-state index contributed by atoms with van der Waals surface area (Å²) in [6.07, 6.45) is 0.975. The Hall–Kier alpha value is -3.79. The summed E-state index contributed by atoms with van der Waals surface area (Å²) in [5.41, 5.74) is 0.279. The molecule has 0 atom stereocenters. The van der Waals surface area contributed by atoms with Crippen LogP contribution in [-0.2, 0) is 19.1 Å². The minimum atomic E-state index is -0.897. The second-order valence-corrected chi connectivity index (χ2v) is 7.23. The van der Waals surface area contributed by atoms with Crippen molar-refractivity contribution in [2.24, 2.45) is 4.99 Å². The van der Waals surface area contributed by atoms with Gasteiger partial charge in [0.05, 0.1) is 35.4 Å². The van der Waals surface area contributed by atoms with Gasteiger partial charge in [-0.05, 0) is 55.1 Å². The number of esters is 2. The van der Waals surface area contributed by atoms with E-state index in [1.165, 1.54) is 42.5 Å². The van der Waals surface area contributed by atoms with Gasteiger partial charge in [-0.3, -0.25) is 14.5 Å². The molecule has 0 spiro atoms. The van der Waals surface area contributed by atoms with E-state index in [0.717, 1.165) is 35.9 Å². The molecule has 1 fully saturated rings. The van der Waals surface area contributed by atoms with Gasteiger partial charge in [-0.25, -0.2) is 14.0 Å². The first kappa shape index (κ1) is 22.9. The van der Waals surface area contributed by atoms with Crippen LogP contribution in [0.1, 0.15) is 27.6 Å². The molecular weight excluding hydrogens is 439 g/mol. The molecule has 10 heteroatoms. The lowest BCUT2D eigenvalue weighted by Crippen LogP contribution is -2.29. The zero-order chi connectivity index (χ0) is 23.3. The Kier molecular flexibility index (Phi) is 7.16. The van der Waals surface area contributed by atoms with Crippen LogP contribution in [0.2, 0.25) is 0 Å². The quantitative estimate of drug-likeness (QED) is 0.502. The van der Waals surface area contributed by atoms with Crippen molar-refractivity contribution < 1.29 is 33.0 Å². The van der Waals surface area contributed by atoms with Crippen LogP contribution in [-0.4, -0.2) is 42.6 Å². The number of carbonyl (C=O) groups excluding carboxylic acids is 4. The van der Waals surface area contributed by atoms with E-state index in [0.29, 0.717) is 0 Å². The van der Waals surface area contributed by atoms with Crippen molar-refractivity contribution in [3.63, 3.8) is 0 Å². The van der Waals surface area contributed by atoms with E-state index >= 15 is 0 Å². The van der Waals surface area contributed by atoms with E-state index in [2.05, 4.69) is 9.73 Å². The second-order valence-electron chi connectivity index (χ2n) is 6.22. The van der Waals surface area contributed by atoms with Crippen LogP contribution < -0.4 is 4.90 Å². The summed E-state index contributed by atoms with van der Waals surface area (Å²) in [7, 11) is 1.16. The highest BCUT2D eigenvalue weighted by Gasteiger charge is 2.36. The standard InChI is InChI=1S/C22H17FN2O6S/c1-3-31-21(29)13-8-10-14(11-9-13)25-20(28)17(12-18(26)30-2)32-22(25)24-19(27)15-6-4-5-7-16(15)23/h4-12H,3H2,1-2H3/b17-12-,24-22?. The highest BCUT2D eigenvalue weighted by Crippen LogP contribution is 2.35. The number of anilines is 1. The first-order valence-electron chi connectivity index (χ1n) is 9.32. The van der Waals surface area contributed by atoms with Gasteiger partial charge in [-0.15, -0.1) is 0 Å². The molecule has 1 heterocycles. The molecule has 3 rings (SSSR count). The highest BCUT2D eigenvalue weighted by atomic mass is 32.2. The zero-order valence-corrected chi connectivity index (χ0v) is 17.8. The van der Waals surface area contributed by atoms with Crippen molar-refractivity contribution in [3.8, 4) is 0 Å². The molecule has 2 amide bonds. The van der Waals surface area contributed by atoms with Crippen molar-refractivity contribution in [1.82, 2.24) is 0 Å². The summed E-state index contributed by atoms with van der Waals surface area (Å²) >= 11 is 0.765. The number of benzene rings is 2. The number of amides is 2. The highest BCUT2D eigenvalue weighted by molar-refractivity contribution is 8.19. The van der Waals surface area contributed by atoms with Gasteiger partial charge in [0.25, 0.3) is 11.8 Å². The minimum absolute atomic E-state index is 0.0357. The number of amidine groups is 1. The van der Waals surface area contributed by atoms with Crippen LogP contribution in [0.5, 0.6) is 0 Å². The monoisotopic (exact) mass is 456 g/mol. The summed E-state index contributed by atoms with van der Waals surface area (Å²) in [5.74, 6) is -3.58. The Morgan fingerprint density at radius 2 is 1.81 bits per heavy atom. The molecule has 1 aliphatic heterocycles. The molecule has 0 radical (unpaired) electrons. The van der Waals surface area contributed by atoms with Crippen LogP contribution in [0.3, 0.4) is 0 Å². The van der Waals surface area contributed by atoms with E-state index in [1.54, 1.807) is 6.92 Å². The van der Waals surface area contributed by atoms with E-state index in [1.807, 2.05) is 0 Å². The fourth-order valence-corrected chi connectivity index (χ4v) is 3.62. The molecule has 2 aromatic carbocycles. The molecule has 8 nitrogen and oxygen atoms in total. The fraction of sp³-hybridized carbons (Fsp3) is 0.136. The number of carbonyl (C=O) groups is 4. The third kappa shape index (κ3) is 4.92. The molecule has 1 aliphatic rings. The Balaban J connectivity index is 2.01. The molecule has 2 aromatic rings. The van der Waals surface area contributed by atoms with E-state index in [9.17, 15) is 23.6 Å². The maximum absolute atomic E-state index is 14.0. The molecule has 0 N–H and O–H groups in total. The lowest BCUT2D eigenvalue weighted by atomic mass is 10.2.